The third-order valence-corrected chi connectivity index (χ3v) is 3.40. The summed E-state index contributed by atoms with van der Waals surface area (Å²) in [6.45, 7) is 8.19. The quantitative estimate of drug-likeness (QED) is 0.815. The summed E-state index contributed by atoms with van der Waals surface area (Å²) >= 11 is 6.91. The van der Waals surface area contributed by atoms with Gasteiger partial charge in [0.2, 0.25) is 0 Å². The van der Waals surface area contributed by atoms with Crippen molar-refractivity contribution in [1.29, 1.82) is 0 Å². The van der Waals surface area contributed by atoms with Crippen LogP contribution in [0, 0.1) is 5.92 Å². The Labute approximate surface area is 120 Å². The molecular formula is C13H19Br2NO. The Morgan fingerprint density at radius 3 is 2.53 bits per heavy atom. The van der Waals surface area contributed by atoms with E-state index in [1.165, 1.54) is 0 Å². The highest BCUT2D eigenvalue weighted by Gasteiger charge is 2.06. The van der Waals surface area contributed by atoms with Gasteiger partial charge in [-0.1, -0.05) is 36.7 Å². The SMILES string of the molecule is CC(CNC(C)C)COc1ccc(Br)cc1Br. The molecular weight excluding hydrogens is 346 g/mol. The maximum atomic E-state index is 5.78. The van der Waals surface area contributed by atoms with Gasteiger partial charge in [0.05, 0.1) is 11.1 Å². The third-order valence-electron chi connectivity index (χ3n) is 2.29. The maximum Gasteiger partial charge on any atom is 0.133 e. The molecule has 0 heterocycles. The van der Waals surface area contributed by atoms with Crippen molar-refractivity contribution in [3.63, 3.8) is 0 Å². The zero-order valence-electron chi connectivity index (χ0n) is 10.5. The predicted molar refractivity (Wildman–Crippen MR) is 79.6 cm³/mol. The molecule has 1 aromatic rings. The normalized spacial score (nSPS) is 12.8. The summed E-state index contributed by atoms with van der Waals surface area (Å²) in [6, 6.07) is 6.47. The Kier molecular flexibility index (Phi) is 6.52. The van der Waals surface area contributed by atoms with Gasteiger partial charge in [0, 0.05) is 23.0 Å². The van der Waals surface area contributed by atoms with Gasteiger partial charge in [0.15, 0.2) is 0 Å². The lowest BCUT2D eigenvalue weighted by molar-refractivity contribution is 0.251. The van der Waals surface area contributed by atoms with E-state index >= 15 is 0 Å². The van der Waals surface area contributed by atoms with E-state index in [-0.39, 0.29) is 0 Å². The monoisotopic (exact) mass is 363 g/mol. The van der Waals surface area contributed by atoms with E-state index in [9.17, 15) is 0 Å². The summed E-state index contributed by atoms with van der Waals surface area (Å²) in [4.78, 5) is 0. The van der Waals surface area contributed by atoms with Crippen LogP contribution in [0.15, 0.2) is 27.1 Å². The fourth-order valence-electron chi connectivity index (χ4n) is 1.32. The molecule has 0 aliphatic heterocycles. The summed E-state index contributed by atoms with van der Waals surface area (Å²) < 4.78 is 7.81. The van der Waals surface area contributed by atoms with Crippen molar-refractivity contribution in [2.24, 2.45) is 5.92 Å². The second-order valence-corrected chi connectivity index (χ2v) is 6.32. The van der Waals surface area contributed by atoms with E-state index in [0.29, 0.717) is 12.0 Å². The Hall–Kier alpha value is -0.0600. The summed E-state index contributed by atoms with van der Waals surface area (Å²) in [5.41, 5.74) is 0. The Morgan fingerprint density at radius 1 is 1.24 bits per heavy atom. The molecule has 96 valence electrons. The van der Waals surface area contributed by atoms with Crippen molar-refractivity contribution >= 4 is 31.9 Å². The van der Waals surface area contributed by atoms with Gasteiger partial charge in [-0.05, 0) is 34.1 Å². The zero-order valence-corrected chi connectivity index (χ0v) is 13.6. The highest BCUT2D eigenvalue weighted by atomic mass is 79.9. The van der Waals surface area contributed by atoms with Gasteiger partial charge in [0.25, 0.3) is 0 Å². The first-order chi connectivity index (χ1) is 7.99. The van der Waals surface area contributed by atoms with Crippen LogP contribution in [0.4, 0.5) is 0 Å². The molecule has 1 N–H and O–H groups in total. The molecule has 17 heavy (non-hydrogen) atoms. The second-order valence-electron chi connectivity index (χ2n) is 4.55. The highest BCUT2D eigenvalue weighted by Crippen LogP contribution is 2.28. The molecule has 0 aliphatic carbocycles. The van der Waals surface area contributed by atoms with E-state index < -0.39 is 0 Å². The van der Waals surface area contributed by atoms with Gasteiger partial charge >= 0.3 is 0 Å². The minimum Gasteiger partial charge on any atom is -0.492 e. The first kappa shape index (κ1) is 15.0. The van der Waals surface area contributed by atoms with Crippen LogP contribution in [0.1, 0.15) is 20.8 Å². The van der Waals surface area contributed by atoms with Crippen LogP contribution in [-0.2, 0) is 0 Å². The van der Waals surface area contributed by atoms with Crippen LogP contribution in [0.3, 0.4) is 0 Å². The van der Waals surface area contributed by atoms with Gasteiger partial charge in [-0.15, -0.1) is 0 Å². The lowest BCUT2D eigenvalue weighted by Gasteiger charge is -2.16. The molecule has 0 fully saturated rings. The fraction of sp³-hybridized carbons (Fsp3) is 0.538. The molecule has 0 aliphatic rings. The average Bonchev–Trinajstić information content (AvgIpc) is 2.25. The third kappa shape index (κ3) is 5.89. The molecule has 1 atom stereocenters. The molecule has 0 saturated heterocycles. The number of nitrogens with one attached hydrogen (secondary N) is 1. The number of ether oxygens (including phenoxy) is 1. The molecule has 0 saturated carbocycles. The van der Waals surface area contributed by atoms with Crippen molar-refractivity contribution in [1.82, 2.24) is 5.32 Å². The molecule has 0 spiro atoms. The number of rotatable bonds is 6. The summed E-state index contributed by atoms with van der Waals surface area (Å²) in [6.07, 6.45) is 0. The minimum absolute atomic E-state index is 0.493. The standard InChI is InChI=1S/C13H19Br2NO/c1-9(2)16-7-10(3)8-17-13-5-4-11(14)6-12(13)15/h4-6,9-10,16H,7-8H2,1-3H3. The number of benzene rings is 1. The van der Waals surface area contributed by atoms with Crippen LogP contribution in [0.2, 0.25) is 0 Å². The van der Waals surface area contributed by atoms with E-state index in [1.807, 2.05) is 18.2 Å². The molecule has 4 heteroatoms. The Morgan fingerprint density at radius 2 is 1.94 bits per heavy atom. The van der Waals surface area contributed by atoms with Crippen molar-refractivity contribution in [3.8, 4) is 5.75 Å². The molecule has 0 radical (unpaired) electrons. The Balaban J connectivity index is 2.39. The average molecular weight is 365 g/mol. The molecule has 0 bridgehead atoms. The molecule has 1 unspecified atom stereocenters. The molecule has 1 rings (SSSR count). The molecule has 0 amide bonds. The zero-order chi connectivity index (χ0) is 12.8. The Bertz CT molecular complexity index is 355. The van der Waals surface area contributed by atoms with Gasteiger partial charge in [-0.2, -0.15) is 0 Å². The van der Waals surface area contributed by atoms with E-state index in [2.05, 4.69) is 57.9 Å². The largest absolute Gasteiger partial charge is 0.492 e. The van der Waals surface area contributed by atoms with E-state index in [4.69, 9.17) is 4.74 Å². The van der Waals surface area contributed by atoms with Gasteiger partial charge in [-0.3, -0.25) is 0 Å². The lowest BCUT2D eigenvalue weighted by Crippen LogP contribution is -2.30. The lowest BCUT2D eigenvalue weighted by atomic mass is 10.2. The first-order valence-electron chi connectivity index (χ1n) is 5.80. The van der Waals surface area contributed by atoms with E-state index in [0.717, 1.165) is 27.8 Å². The van der Waals surface area contributed by atoms with E-state index in [1.54, 1.807) is 0 Å². The highest BCUT2D eigenvalue weighted by molar-refractivity contribution is 9.11. The van der Waals surface area contributed by atoms with Crippen molar-refractivity contribution in [3.05, 3.63) is 27.1 Å². The van der Waals surface area contributed by atoms with Gasteiger partial charge < -0.3 is 10.1 Å². The van der Waals surface area contributed by atoms with Crippen LogP contribution in [-0.4, -0.2) is 19.2 Å². The first-order valence-corrected chi connectivity index (χ1v) is 7.39. The number of hydrogen-bond acceptors (Lipinski definition) is 2. The van der Waals surface area contributed by atoms with Crippen molar-refractivity contribution < 1.29 is 4.74 Å². The molecule has 2 nitrogen and oxygen atoms in total. The van der Waals surface area contributed by atoms with Gasteiger partial charge in [-0.25, -0.2) is 0 Å². The summed E-state index contributed by atoms with van der Waals surface area (Å²) in [7, 11) is 0. The van der Waals surface area contributed by atoms with Crippen LogP contribution in [0.25, 0.3) is 0 Å². The number of hydrogen-bond donors (Lipinski definition) is 1. The summed E-state index contributed by atoms with van der Waals surface area (Å²) in [5.74, 6) is 1.39. The predicted octanol–water partition coefficient (Wildman–Crippen LogP) is 4.22. The molecule has 0 aromatic heterocycles. The van der Waals surface area contributed by atoms with Crippen LogP contribution < -0.4 is 10.1 Å². The molecule has 1 aromatic carbocycles. The van der Waals surface area contributed by atoms with Crippen LogP contribution >= 0.6 is 31.9 Å². The topological polar surface area (TPSA) is 21.3 Å². The summed E-state index contributed by atoms with van der Waals surface area (Å²) in [5, 5.41) is 3.41. The van der Waals surface area contributed by atoms with Gasteiger partial charge in [0.1, 0.15) is 5.75 Å². The van der Waals surface area contributed by atoms with Crippen molar-refractivity contribution in [2.45, 2.75) is 26.8 Å². The van der Waals surface area contributed by atoms with Crippen LogP contribution in [0.5, 0.6) is 5.75 Å². The minimum atomic E-state index is 0.493. The second kappa shape index (κ2) is 7.39. The number of halogens is 2. The smallest absolute Gasteiger partial charge is 0.133 e. The van der Waals surface area contributed by atoms with Crippen molar-refractivity contribution in [2.75, 3.05) is 13.2 Å². The fourth-order valence-corrected chi connectivity index (χ4v) is 2.48. The maximum absolute atomic E-state index is 5.78.